The summed E-state index contributed by atoms with van der Waals surface area (Å²) in [6.45, 7) is 0.835. The maximum Gasteiger partial charge on any atom is 0.246 e. The molecule has 8 nitrogen and oxygen atoms in total. The van der Waals surface area contributed by atoms with E-state index in [1.165, 1.54) is 0 Å². The first-order chi connectivity index (χ1) is 15.4. The van der Waals surface area contributed by atoms with Crippen LogP contribution in [0.1, 0.15) is 31.2 Å². The maximum atomic E-state index is 13.6. The lowest BCUT2D eigenvalue weighted by Gasteiger charge is -2.34. The van der Waals surface area contributed by atoms with Crippen molar-refractivity contribution in [2.45, 2.75) is 54.8 Å². The van der Waals surface area contributed by atoms with Crippen LogP contribution >= 0.6 is 15.9 Å². The first-order valence-corrected chi connectivity index (χ1v) is 12.1. The number of amides is 3. The molecule has 1 aromatic rings. The minimum atomic E-state index is -1.02. The van der Waals surface area contributed by atoms with Gasteiger partial charge in [-0.25, -0.2) is 0 Å². The highest BCUT2D eigenvalue weighted by atomic mass is 79.9. The molecule has 1 spiro atoms. The molecule has 3 fully saturated rings. The van der Waals surface area contributed by atoms with Gasteiger partial charge in [0.25, 0.3) is 0 Å². The summed E-state index contributed by atoms with van der Waals surface area (Å²) < 4.78 is 6.37. The molecule has 3 aliphatic heterocycles. The van der Waals surface area contributed by atoms with Gasteiger partial charge in [0.15, 0.2) is 0 Å². The molecule has 0 saturated carbocycles. The third-order valence-electron chi connectivity index (χ3n) is 6.95. The third-order valence-corrected chi connectivity index (χ3v) is 7.80. The largest absolute Gasteiger partial charge is 0.396 e. The van der Waals surface area contributed by atoms with Crippen molar-refractivity contribution < 1.29 is 24.2 Å². The Morgan fingerprint density at radius 3 is 2.66 bits per heavy atom. The van der Waals surface area contributed by atoms with Crippen LogP contribution in [0.5, 0.6) is 0 Å². The van der Waals surface area contributed by atoms with Gasteiger partial charge in [-0.2, -0.15) is 0 Å². The van der Waals surface area contributed by atoms with Crippen molar-refractivity contribution in [3.8, 4) is 0 Å². The predicted molar refractivity (Wildman–Crippen MR) is 121 cm³/mol. The number of aliphatic hydroxyl groups excluding tert-OH is 1. The van der Waals surface area contributed by atoms with Crippen LogP contribution in [0.4, 0.5) is 0 Å². The molecular weight excluding hydrogens is 478 g/mol. The molecule has 0 aliphatic carbocycles. The number of halogens is 1. The van der Waals surface area contributed by atoms with E-state index in [1.807, 2.05) is 30.3 Å². The number of hydrogen-bond acceptors (Lipinski definition) is 5. The van der Waals surface area contributed by atoms with E-state index in [9.17, 15) is 14.4 Å². The number of carbonyl (C=O) groups excluding carboxylic acids is 3. The lowest BCUT2D eigenvalue weighted by atomic mass is 9.70. The topological polar surface area (TPSA) is 108 Å². The van der Waals surface area contributed by atoms with Gasteiger partial charge in [0.1, 0.15) is 11.6 Å². The molecule has 174 valence electrons. The summed E-state index contributed by atoms with van der Waals surface area (Å²) in [5.74, 6) is -1.98. The highest BCUT2D eigenvalue weighted by Gasteiger charge is 2.76. The molecule has 4 rings (SSSR count). The number of hydrogen-bond donors (Lipinski definition) is 3. The van der Waals surface area contributed by atoms with E-state index in [2.05, 4.69) is 26.6 Å². The number of benzene rings is 1. The third kappa shape index (κ3) is 3.84. The molecule has 3 amide bonds. The van der Waals surface area contributed by atoms with E-state index >= 15 is 0 Å². The van der Waals surface area contributed by atoms with Gasteiger partial charge < -0.3 is 25.4 Å². The first kappa shape index (κ1) is 23.2. The minimum absolute atomic E-state index is 0.0936. The second-order valence-electron chi connectivity index (χ2n) is 8.80. The van der Waals surface area contributed by atoms with E-state index in [4.69, 9.17) is 9.84 Å². The highest BCUT2D eigenvalue weighted by molar-refractivity contribution is 9.09. The van der Waals surface area contributed by atoms with Crippen LogP contribution < -0.4 is 10.6 Å². The van der Waals surface area contributed by atoms with Crippen molar-refractivity contribution >= 4 is 33.7 Å². The zero-order valence-electron chi connectivity index (χ0n) is 18.1. The summed E-state index contributed by atoms with van der Waals surface area (Å²) in [6, 6.07) is 8.81. The van der Waals surface area contributed by atoms with Gasteiger partial charge in [0, 0.05) is 31.6 Å². The van der Waals surface area contributed by atoms with Gasteiger partial charge in [0.2, 0.25) is 17.7 Å². The molecule has 1 aromatic carbocycles. The fourth-order valence-corrected chi connectivity index (χ4v) is 6.53. The second kappa shape index (κ2) is 9.49. The Morgan fingerprint density at radius 2 is 1.97 bits per heavy atom. The summed E-state index contributed by atoms with van der Waals surface area (Å²) in [4.78, 5) is 41.3. The summed E-state index contributed by atoms with van der Waals surface area (Å²) in [7, 11) is 1.56. The fourth-order valence-electron chi connectivity index (χ4n) is 5.59. The Morgan fingerprint density at radius 1 is 1.22 bits per heavy atom. The SMILES string of the molecule is CNC(=O)[C@H]1[C@H]2C(=O)N(CCCCCO)C(C(=O)NCc3ccccc3)C23CC(Br)[C@@H]1O3. The van der Waals surface area contributed by atoms with Crippen LogP contribution in [0.25, 0.3) is 0 Å². The number of rotatable bonds is 9. The molecule has 2 bridgehead atoms. The average molecular weight is 508 g/mol. The van der Waals surface area contributed by atoms with E-state index in [0.29, 0.717) is 32.4 Å². The number of carbonyl (C=O) groups is 3. The summed E-state index contributed by atoms with van der Waals surface area (Å²) in [5.41, 5.74) is -0.0582. The Labute approximate surface area is 196 Å². The number of likely N-dealkylation sites (tertiary alicyclic amines) is 1. The van der Waals surface area contributed by atoms with Gasteiger partial charge in [-0.3, -0.25) is 14.4 Å². The quantitative estimate of drug-likeness (QED) is 0.340. The smallest absolute Gasteiger partial charge is 0.246 e. The summed E-state index contributed by atoms with van der Waals surface area (Å²) in [5, 5.41) is 14.7. The Hall–Kier alpha value is -1.97. The van der Waals surface area contributed by atoms with Crippen molar-refractivity contribution in [2.75, 3.05) is 20.2 Å². The van der Waals surface area contributed by atoms with Crippen LogP contribution in [0.2, 0.25) is 0 Å². The maximum absolute atomic E-state index is 13.6. The molecule has 3 N–H and O–H groups in total. The number of ether oxygens (including phenoxy) is 1. The van der Waals surface area contributed by atoms with Crippen LogP contribution in [0.15, 0.2) is 30.3 Å². The molecule has 0 radical (unpaired) electrons. The Kier molecular flexibility index (Phi) is 6.88. The number of nitrogens with zero attached hydrogens (tertiary/aromatic N) is 1. The van der Waals surface area contributed by atoms with Crippen LogP contribution in [0, 0.1) is 11.8 Å². The minimum Gasteiger partial charge on any atom is -0.396 e. The Bertz CT molecular complexity index is 868. The number of nitrogens with one attached hydrogen (secondary N) is 2. The second-order valence-corrected chi connectivity index (χ2v) is 9.97. The van der Waals surface area contributed by atoms with Crippen LogP contribution in [-0.2, 0) is 25.7 Å². The highest BCUT2D eigenvalue weighted by Crippen LogP contribution is 2.59. The van der Waals surface area contributed by atoms with E-state index in [1.54, 1.807) is 11.9 Å². The normalized spacial score (nSPS) is 32.8. The van der Waals surface area contributed by atoms with Gasteiger partial charge in [0.05, 0.1) is 17.9 Å². The van der Waals surface area contributed by atoms with Crippen molar-refractivity contribution in [1.29, 1.82) is 0 Å². The van der Waals surface area contributed by atoms with E-state index in [0.717, 1.165) is 12.0 Å². The van der Waals surface area contributed by atoms with Crippen molar-refractivity contribution in [1.82, 2.24) is 15.5 Å². The molecule has 9 heteroatoms. The number of unbranched alkanes of at least 4 members (excludes halogenated alkanes) is 2. The summed E-state index contributed by atoms with van der Waals surface area (Å²) in [6.07, 6.45) is 2.12. The lowest BCUT2D eigenvalue weighted by molar-refractivity contribution is -0.142. The molecule has 3 saturated heterocycles. The number of fused-ring (bicyclic) bond motifs is 1. The predicted octanol–water partition coefficient (Wildman–Crippen LogP) is 0.959. The molecule has 0 aromatic heterocycles. The molecular formula is C23H30BrN3O5. The standard InChI is InChI=1S/C23H30BrN3O5/c1-25-20(29)16-17-22(31)27(10-6-3-7-11-28)19(23(17)12-15(24)18(16)32-23)21(30)26-13-14-8-4-2-5-9-14/h2,4-5,8-9,15-19,28H,3,6-7,10-13H2,1H3,(H,25,29)(H,26,30)/t15?,16-,17-,18-,19?,23?/m0/s1. The van der Waals surface area contributed by atoms with Crippen LogP contribution in [-0.4, -0.2) is 70.5 Å². The van der Waals surface area contributed by atoms with Crippen LogP contribution in [0.3, 0.4) is 0 Å². The zero-order chi connectivity index (χ0) is 22.9. The van der Waals surface area contributed by atoms with E-state index < -0.39 is 29.6 Å². The summed E-state index contributed by atoms with van der Waals surface area (Å²) >= 11 is 3.64. The first-order valence-electron chi connectivity index (χ1n) is 11.2. The number of aliphatic hydroxyl groups is 1. The van der Waals surface area contributed by atoms with Gasteiger partial charge in [-0.1, -0.05) is 46.3 Å². The Balaban J connectivity index is 1.61. The molecule has 32 heavy (non-hydrogen) atoms. The van der Waals surface area contributed by atoms with Gasteiger partial charge in [-0.05, 0) is 31.2 Å². The van der Waals surface area contributed by atoms with Crippen molar-refractivity contribution in [3.63, 3.8) is 0 Å². The van der Waals surface area contributed by atoms with Crippen molar-refractivity contribution in [3.05, 3.63) is 35.9 Å². The van der Waals surface area contributed by atoms with Gasteiger partial charge >= 0.3 is 0 Å². The molecule has 3 aliphatic rings. The van der Waals surface area contributed by atoms with Gasteiger partial charge in [-0.15, -0.1) is 0 Å². The van der Waals surface area contributed by atoms with E-state index in [-0.39, 0.29) is 29.2 Å². The zero-order valence-corrected chi connectivity index (χ0v) is 19.7. The molecule has 3 heterocycles. The average Bonchev–Trinajstić information content (AvgIpc) is 3.39. The molecule has 3 unspecified atom stereocenters. The molecule has 6 atom stereocenters. The van der Waals surface area contributed by atoms with Crippen molar-refractivity contribution in [2.24, 2.45) is 11.8 Å². The number of alkyl halides is 1. The monoisotopic (exact) mass is 507 g/mol. The fraction of sp³-hybridized carbons (Fsp3) is 0.609. The lowest BCUT2D eigenvalue weighted by Crippen LogP contribution is -2.55.